The Kier molecular flexibility index (Phi) is 6.53. The third-order valence-electron chi connectivity index (χ3n) is 1.85. The van der Waals surface area contributed by atoms with Crippen LogP contribution in [0.2, 0.25) is 0 Å². The Balaban J connectivity index is 3.90. The van der Waals surface area contributed by atoms with Crippen LogP contribution in [-0.2, 0) is 4.79 Å². The van der Waals surface area contributed by atoms with Crippen molar-refractivity contribution in [1.29, 1.82) is 0 Å². The Hall–Kier alpha value is -1.26. The molecule has 3 amide bonds. The molecule has 0 aromatic rings. The first kappa shape index (κ1) is 14.7. The summed E-state index contributed by atoms with van der Waals surface area (Å²) >= 11 is 0. The van der Waals surface area contributed by atoms with E-state index >= 15 is 0 Å². The number of hydrogen-bond acceptors (Lipinski definition) is 2. The van der Waals surface area contributed by atoms with E-state index in [-0.39, 0.29) is 24.5 Å². The third-order valence-corrected chi connectivity index (χ3v) is 1.85. The predicted octanol–water partition coefficient (Wildman–Crippen LogP) is 0.808. The fraction of sp³-hybridized carbons (Fsp3) is 0.818. The molecule has 0 radical (unpaired) electrons. The van der Waals surface area contributed by atoms with Crippen LogP contribution in [-0.4, -0.2) is 43.0 Å². The molecule has 16 heavy (non-hydrogen) atoms. The molecule has 94 valence electrons. The number of amides is 3. The maximum absolute atomic E-state index is 11.5. The van der Waals surface area contributed by atoms with E-state index in [9.17, 15) is 9.59 Å². The van der Waals surface area contributed by atoms with Crippen molar-refractivity contribution in [3.05, 3.63) is 0 Å². The Morgan fingerprint density at radius 1 is 1.19 bits per heavy atom. The van der Waals surface area contributed by atoms with Gasteiger partial charge in [0.1, 0.15) is 6.54 Å². The van der Waals surface area contributed by atoms with Crippen molar-refractivity contribution in [2.24, 2.45) is 5.92 Å². The van der Waals surface area contributed by atoms with Crippen LogP contribution in [0.25, 0.3) is 0 Å². The Bertz CT molecular complexity index is 239. The lowest BCUT2D eigenvalue weighted by Gasteiger charge is -2.19. The summed E-state index contributed by atoms with van der Waals surface area (Å²) < 4.78 is 0. The number of rotatable bonds is 5. The van der Waals surface area contributed by atoms with Gasteiger partial charge in [-0.05, 0) is 19.8 Å². The molecule has 0 aliphatic heterocycles. The molecule has 5 nitrogen and oxygen atoms in total. The zero-order valence-electron chi connectivity index (χ0n) is 10.8. The first-order valence-corrected chi connectivity index (χ1v) is 5.61. The van der Waals surface area contributed by atoms with Crippen LogP contribution >= 0.6 is 0 Å². The molecule has 0 bridgehead atoms. The molecule has 0 aliphatic rings. The van der Waals surface area contributed by atoms with E-state index in [4.69, 9.17) is 0 Å². The van der Waals surface area contributed by atoms with Crippen LogP contribution in [0.5, 0.6) is 0 Å². The van der Waals surface area contributed by atoms with E-state index in [1.54, 1.807) is 7.05 Å². The van der Waals surface area contributed by atoms with Crippen molar-refractivity contribution in [3.63, 3.8) is 0 Å². The second-order valence-electron chi connectivity index (χ2n) is 4.66. The zero-order valence-corrected chi connectivity index (χ0v) is 10.8. The summed E-state index contributed by atoms with van der Waals surface area (Å²) in [4.78, 5) is 24.2. The zero-order chi connectivity index (χ0) is 12.7. The molecule has 2 N–H and O–H groups in total. The molecule has 0 saturated carbocycles. The summed E-state index contributed by atoms with van der Waals surface area (Å²) in [7, 11) is 1.60. The van der Waals surface area contributed by atoms with Gasteiger partial charge in [-0.3, -0.25) is 4.79 Å². The summed E-state index contributed by atoms with van der Waals surface area (Å²) in [5, 5.41) is 5.48. The van der Waals surface area contributed by atoms with Gasteiger partial charge in [0.25, 0.3) is 0 Å². The molecule has 0 aromatic heterocycles. The highest BCUT2D eigenvalue weighted by Crippen LogP contribution is 1.89. The SMILES string of the molecule is CC(C)CNC(=O)CN(C)C(=O)NC(C)C. The van der Waals surface area contributed by atoms with Crippen LogP contribution in [0.15, 0.2) is 0 Å². The molecule has 0 fully saturated rings. The molecule has 0 aliphatic carbocycles. The second kappa shape index (κ2) is 7.09. The van der Waals surface area contributed by atoms with Gasteiger partial charge in [0.15, 0.2) is 0 Å². The quantitative estimate of drug-likeness (QED) is 0.733. The lowest BCUT2D eigenvalue weighted by atomic mass is 10.2. The number of carbonyl (C=O) groups is 2. The van der Waals surface area contributed by atoms with E-state index in [1.165, 1.54) is 4.90 Å². The van der Waals surface area contributed by atoms with Gasteiger partial charge >= 0.3 is 6.03 Å². The molecule has 0 rings (SSSR count). The maximum Gasteiger partial charge on any atom is 0.317 e. The monoisotopic (exact) mass is 229 g/mol. The second-order valence-corrected chi connectivity index (χ2v) is 4.66. The Labute approximate surface area is 97.6 Å². The first-order chi connectivity index (χ1) is 7.32. The fourth-order valence-electron chi connectivity index (χ4n) is 1.02. The largest absolute Gasteiger partial charge is 0.354 e. The predicted molar refractivity (Wildman–Crippen MR) is 64.1 cm³/mol. The summed E-state index contributed by atoms with van der Waals surface area (Å²) in [6.45, 7) is 8.53. The van der Waals surface area contributed by atoms with Gasteiger partial charge in [-0.1, -0.05) is 13.8 Å². The first-order valence-electron chi connectivity index (χ1n) is 5.61. The van der Waals surface area contributed by atoms with Crippen molar-refractivity contribution in [2.45, 2.75) is 33.7 Å². The van der Waals surface area contributed by atoms with Crippen molar-refractivity contribution < 1.29 is 9.59 Å². The average molecular weight is 229 g/mol. The van der Waals surface area contributed by atoms with Gasteiger partial charge < -0.3 is 15.5 Å². The Morgan fingerprint density at radius 2 is 1.75 bits per heavy atom. The minimum Gasteiger partial charge on any atom is -0.354 e. The van der Waals surface area contributed by atoms with Gasteiger partial charge in [-0.2, -0.15) is 0 Å². The van der Waals surface area contributed by atoms with Gasteiger partial charge in [0.05, 0.1) is 0 Å². The van der Waals surface area contributed by atoms with Crippen molar-refractivity contribution in [2.75, 3.05) is 20.1 Å². The minimum absolute atomic E-state index is 0.0775. The van der Waals surface area contributed by atoms with Gasteiger partial charge in [0, 0.05) is 19.6 Å². The van der Waals surface area contributed by atoms with E-state index < -0.39 is 0 Å². The summed E-state index contributed by atoms with van der Waals surface area (Å²) in [5.74, 6) is 0.286. The molecule has 5 heteroatoms. The van der Waals surface area contributed by atoms with Crippen LogP contribution in [0, 0.1) is 5.92 Å². The van der Waals surface area contributed by atoms with Crippen LogP contribution in [0.4, 0.5) is 4.79 Å². The summed E-state index contributed by atoms with van der Waals surface area (Å²) in [6, 6.07) is -0.150. The minimum atomic E-state index is -0.227. The van der Waals surface area contributed by atoms with Gasteiger partial charge in [0.2, 0.25) is 5.91 Å². The fourth-order valence-corrected chi connectivity index (χ4v) is 1.02. The summed E-state index contributed by atoms with van der Waals surface area (Å²) in [6.07, 6.45) is 0. The lowest BCUT2D eigenvalue weighted by molar-refractivity contribution is -0.121. The molecule has 0 atom stereocenters. The highest BCUT2D eigenvalue weighted by molar-refractivity contribution is 5.83. The van der Waals surface area contributed by atoms with E-state index in [1.807, 2.05) is 27.7 Å². The number of carbonyl (C=O) groups excluding carboxylic acids is 2. The number of likely N-dealkylation sites (N-methyl/N-ethyl adjacent to an activating group) is 1. The highest BCUT2D eigenvalue weighted by Gasteiger charge is 2.13. The van der Waals surface area contributed by atoms with Gasteiger partial charge in [-0.25, -0.2) is 4.79 Å². The molecular formula is C11H23N3O2. The number of urea groups is 1. The molecular weight excluding hydrogens is 206 g/mol. The third kappa shape index (κ3) is 7.09. The number of hydrogen-bond donors (Lipinski definition) is 2. The molecule has 0 heterocycles. The average Bonchev–Trinajstić information content (AvgIpc) is 2.13. The van der Waals surface area contributed by atoms with Crippen molar-refractivity contribution in [1.82, 2.24) is 15.5 Å². The van der Waals surface area contributed by atoms with E-state index in [0.29, 0.717) is 12.5 Å². The van der Waals surface area contributed by atoms with Crippen molar-refractivity contribution >= 4 is 11.9 Å². The van der Waals surface area contributed by atoms with Crippen molar-refractivity contribution in [3.8, 4) is 0 Å². The normalized spacial score (nSPS) is 10.4. The Morgan fingerprint density at radius 3 is 2.19 bits per heavy atom. The smallest absolute Gasteiger partial charge is 0.317 e. The van der Waals surface area contributed by atoms with Crippen LogP contribution in [0.1, 0.15) is 27.7 Å². The van der Waals surface area contributed by atoms with Gasteiger partial charge in [-0.15, -0.1) is 0 Å². The molecule has 0 spiro atoms. The maximum atomic E-state index is 11.5. The topological polar surface area (TPSA) is 61.4 Å². The molecule has 0 unspecified atom stereocenters. The number of nitrogens with zero attached hydrogens (tertiary/aromatic N) is 1. The van der Waals surface area contributed by atoms with Crippen LogP contribution in [0.3, 0.4) is 0 Å². The highest BCUT2D eigenvalue weighted by atomic mass is 16.2. The van der Waals surface area contributed by atoms with Crippen LogP contribution < -0.4 is 10.6 Å². The standard InChI is InChI=1S/C11H23N3O2/c1-8(2)6-12-10(15)7-14(5)11(16)13-9(3)4/h8-9H,6-7H2,1-5H3,(H,12,15)(H,13,16). The van der Waals surface area contributed by atoms with E-state index in [0.717, 1.165) is 0 Å². The molecule has 0 saturated heterocycles. The summed E-state index contributed by atoms with van der Waals surface area (Å²) in [5.41, 5.74) is 0. The van der Waals surface area contributed by atoms with E-state index in [2.05, 4.69) is 10.6 Å². The number of nitrogens with one attached hydrogen (secondary N) is 2. The lowest BCUT2D eigenvalue weighted by Crippen LogP contribution is -2.45. The molecule has 0 aromatic carbocycles.